The second kappa shape index (κ2) is 13.7. The van der Waals surface area contributed by atoms with Crippen molar-refractivity contribution >= 4 is 6.41 Å². The topological polar surface area (TPSA) is 61.4 Å². The van der Waals surface area contributed by atoms with Crippen LogP contribution >= 0.6 is 0 Å². The van der Waals surface area contributed by atoms with Crippen molar-refractivity contribution in [2.75, 3.05) is 13.1 Å². The van der Waals surface area contributed by atoms with Gasteiger partial charge in [0.25, 0.3) is 0 Å². The SMILES string of the molecule is CCC.O=CNCCC1CCCCC1.Oc1ccc2c(c1)CNCC2. The Morgan fingerprint density at radius 1 is 1.20 bits per heavy atom. The Kier molecular flexibility index (Phi) is 11.8. The summed E-state index contributed by atoms with van der Waals surface area (Å²) in [6, 6.07) is 5.59. The third kappa shape index (κ3) is 9.49. The van der Waals surface area contributed by atoms with Gasteiger partial charge in [0.2, 0.25) is 6.41 Å². The summed E-state index contributed by atoms with van der Waals surface area (Å²) in [4.78, 5) is 9.94. The summed E-state index contributed by atoms with van der Waals surface area (Å²) in [5.74, 6) is 1.25. The van der Waals surface area contributed by atoms with E-state index in [-0.39, 0.29) is 0 Å². The van der Waals surface area contributed by atoms with E-state index < -0.39 is 0 Å². The predicted octanol–water partition coefficient (Wildman–Crippen LogP) is 4.16. The highest BCUT2D eigenvalue weighted by Crippen LogP contribution is 2.25. The van der Waals surface area contributed by atoms with Gasteiger partial charge in [0.05, 0.1) is 0 Å². The number of phenolic OH excluding ortho intramolecular Hbond substituents is 1. The lowest BCUT2D eigenvalue weighted by atomic mass is 9.87. The minimum absolute atomic E-state index is 0.368. The molecule has 1 aliphatic carbocycles. The molecule has 1 saturated carbocycles. The smallest absolute Gasteiger partial charge is 0.207 e. The number of amides is 1. The monoisotopic (exact) mass is 348 g/mol. The van der Waals surface area contributed by atoms with Gasteiger partial charge in [0, 0.05) is 13.1 Å². The van der Waals surface area contributed by atoms with Crippen LogP contribution in [0.25, 0.3) is 0 Å². The minimum atomic E-state index is 0.368. The highest BCUT2D eigenvalue weighted by Gasteiger charge is 2.12. The van der Waals surface area contributed by atoms with Gasteiger partial charge in [0.1, 0.15) is 5.75 Å². The zero-order valence-corrected chi connectivity index (χ0v) is 16.0. The van der Waals surface area contributed by atoms with Crippen LogP contribution in [0, 0.1) is 5.92 Å². The van der Waals surface area contributed by atoms with E-state index >= 15 is 0 Å². The van der Waals surface area contributed by atoms with Gasteiger partial charge in [-0.2, -0.15) is 0 Å². The Morgan fingerprint density at radius 3 is 2.60 bits per heavy atom. The Morgan fingerprint density at radius 2 is 1.92 bits per heavy atom. The molecule has 0 atom stereocenters. The van der Waals surface area contributed by atoms with Crippen LogP contribution in [-0.2, 0) is 17.8 Å². The molecule has 0 aromatic heterocycles. The maximum atomic E-state index is 9.94. The van der Waals surface area contributed by atoms with Crippen molar-refractivity contribution < 1.29 is 9.90 Å². The standard InChI is InChI=1S/C9H11NO.C9H17NO.C3H8/c11-9-2-1-7-3-4-10-6-8(7)5-9;11-8-10-7-6-9-4-2-1-3-5-9;1-3-2/h1-2,5,10-11H,3-4,6H2;8-9H,1-7H2,(H,10,11);3H2,1-2H3. The summed E-state index contributed by atoms with van der Waals surface area (Å²) in [5.41, 5.74) is 2.60. The molecule has 1 aromatic carbocycles. The summed E-state index contributed by atoms with van der Waals surface area (Å²) in [7, 11) is 0. The summed E-state index contributed by atoms with van der Waals surface area (Å²) in [6.07, 6.45) is 11.3. The molecule has 1 aliphatic heterocycles. The van der Waals surface area contributed by atoms with E-state index in [1.165, 1.54) is 56.1 Å². The van der Waals surface area contributed by atoms with Gasteiger partial charge < -0.3 is 15.7 Å². The zero-order chi connectivity index (χ0) is 18.3. The number of rotatable bonds is 4. The third-order valence-corrected chi connectivity index (χ3v) is 4.58. The van der Waals surface area contributed by atoms with Crippen LogP contribution in [0.4, 0.5) is 0 Å². The number of carbonyl (C=O) groups excluding carboxylic acids is 1. The molecule has 0 saturated heterocycles. The molecule has 1 heterocycles. The molecule has 0 radical (unpaired) electrons. The van der Waals surface area contributed by atoms with Crippen LogP contribution in [-0.4, -0.2) is 24.6 Å². The van der Waals surface area contributed by atoms with Crippen molar-refractivity contribution in [2.24, 2.45) is 5.92 Å². The lowest BCUT2D eigenvalue weighted by Gasteiger charge is -2.20. The molecule has 1 amide bonds. The van der Waals surface area contributed by atoms with E-state index in [2.05, 4.69) is 24.5 Å². The van der Waals surface area contributed by atoms with E-state index in [9.17, 15) is 4.79 Å². The normalized spacial score (nSPS) is 16.4. The van der Waals surface area contributed by atoms with Gasteiger partial charge in [-0.1, -0.05) is 58.4 Å². The molecular formula is C21H36N2O2. The first kappa shape index (κ1) is 21.5. The van der Waals surface area contributed by atoms with Crippen molar-refractivity contribution in [3.05, 3.63) is 29.3 Å². The molecule has 1 aromatic rings. The number of hydrogen-bond donors (Lipinski definition) is 3. The largest absolute Gasteiger partial charge is 0.508 e. The van der Waals surface area contributed by atoms with Crippen LogP contribution in [0.3, 0.4) is 0 Å². The molecule has 2 aliphatic rings. The number of phenols is 1. The van der Waals surface area contributed by atoms with Crippen LogP contribution in [0.15, 0.2) is 18.2 Å². The van der Waals surface area contributed by atoms with E-state index in [1.54, 1.807) is 6.07 Å². The molecule has 0 spiro atoms. The fourth-order valence-electron chi connectivity index (χ4n) is 3.29. The zero-order valence-electron chi connectivity index (χ0n) is 16.0. The lowest BCUT2D eigenvalue weighted by molar-refractivity contribution is -0.109. The highest BCUT2D eigenvalue weighted by molar-refractivity contribution is 5.45. The average molecular weight is 349 g/mol. The number of carbonyl (C=O) groups is 1. The quantitative estimate of drug-likeness (QED) is 0.566. The van der Waals surface area contributed by atoms with Crippen LogP contribution in [0.1, 0.15) is 69.9 Å². The van der Waals surface area contributed by atoms with Crippen molar-refractivity contribution in [2.45, 2.75) is 71.8 Å². The van der Waals surface area contributed by atoms with E-state index in [0.29, 0.717) is 5.75 Å². The van der Waals surface area contributed by atoms with E-state index in [0.717, 1.165) is 38.4 Å². The Bertz CT molecular complexity index is 471. The van der Waals surface area contributed by atoms with Gasteiger partial charge in [-0.3, -0.25) is 4.79 Å². The first-order valence-electron chi connectivity index (χ1n) is 9.89. The Balaban J connectivity index is 0.000000217. The lowest BCUT2D eigenvalue weighted by Crippen LogP contribution is -2.23. The summed E-state index contributed by atoms with van der Waals surface area (Å²) in [6.45, 7) is 7.07. The molecule has 0 bridgehead atoms. The molecule has 0 unspecified atom stereocenters. The molecule has 4 nitrogen and oxygen atoms in total. The summed E-state index contributed by atoms with van der Waals surface area (Å²) < 4.78 is 0. The first-order chi connectivity index (χ1) is 12.2. The van der Waals surface area contributed by atoms with Gasteiger partial charge in [-0.05, 0) is 48.6 Å². The summed E-state index contributed by atoms with van der Waals surface area (Å²) in [5, 5.41) is 15.1. The third-order valence-electron chi connectivity index (χ3n) is 4.58. The van der Waals surface area contributed by atoms with Crippen molar-refractivity contribution in [1.82, 2.24) is 10.6 Å². The van der Waals surface area contributed by atoms with Crippen molar-refractivity contribution in [1.29, 1.82) is 0 Å². The minimum Gasteiger partial charge on any atom is -0.508 e. The Hall–Kier alpha value is -1.55. The number of hydrogen-bond acceptors (Lipinski definition) is 3. The van der Waals surface area contributed by atoms with E-state index in [1.807, 2.05) is 12.1 Å². The fraction of sp³-hybridized carbons (Fsp3) is 0.667. The predicted molar refractivity (Wildman–Crippen MR) is 105 cm³/mol. The maximum Gasteiger partial charge on any atom is 0.207 e. The molecule has 3 rings (SSSR count). The van der Waals surface area contributed by atoms with Gasteiger partial charge in [-0.25, -0.2) is 0 Å². The van der Waals surface area contributed by atoms with Crippen LogP contribution in [0.2, 0.25) is 0 Å². The van der Waals surface area contributed by atoms with Crippen LogP contribution in [0.5, 0.6) is 5.75 Å². The molecule has 4 heteroatoms. The number of aromatic hydroxyl groups is 1. The molecule has 142 valence electrons. The molecule has 3 N–H and O–H groups in total. The van der Waals surface area contributed by atoms with Crippen molar-refractivity contribution in [3.63, 3.8) is 0 Å². The second-order valence-electron chi connectivity index (χ2n) is 6.95. The highest BCUT2D eigenvalue weighted by atomic mass is 16.3. The molecular weight excluding hydrogens is 312 g/mol. The number of nitrogens with one attached hydrogen (secondary N) is 2. The van der Waals surface area contributed by atoms with E-state index in [4.69, 9.17) is 5.11 Å². The molecule has 1 fully saturated rings. The van der Waals surface area contributed by atoms with Gasteiger partial charge in [0.15, 0.2) is 0 Å². The van der Waals surface area contributed by atoms with Gasteiger partial charge in [-0.15, -0.1) is 0 Å². The number of benzene rings is 1. The maximum absolute atomic E-state index is 9.94. The van der Waals surface area contributed by atoms with Crippen LogP contribution < -0.4 is 10.6 Å². The number of fused-ring (bicyclic) bond motifs is 1. The Labute approximate surface area is 153 Å². The first-order valence-corrected chi connectivity index (χ1v) is 9.89. The molecule has 25 heavy (non-hydrogen) atoms. The van der Waals surface area contributed by atoms with Gasteiger partial charge >= 0.3 is 0 Å². The average Bonchev–Trinajstić information content (AvgIpc) is 2.64. The van der Waals surface area contributed by atoms with Crippen molar-refractivity contribution in [3.8, 4) is 5.75 Å². The summed E-state index contributed by atoms with van der Waals surface area (Å²) >= 11 is 0. The second-order valence-corrected chi connectivity index (χ2v) is 6.95. The fourth-order valence-corrected chi connectivity index (χ4v) is 3.29.